The lowest BCUT2D eigenvalue weighted by molar-refractivity contribution is 0.0691. The molecule has 0 bridgehead atoms. The highest BCUT2D eigenvalue weighted by atomic mass is 32.1. The van der Waals surface area contributed by atoms with E-state index < -0.39 is 5.97 Å². The molecule has 4 nitrogen and oxygen atoms in total. The van der Waals surface area contributed by atoms with Crippen LogP contribution in [0.25, 0.3) is 21.0 Å². The maximum absolute atomic E-state index is 11.0. The summed E-state index contributed by atoms with van der Waals surface area (Å²) >= 11 is 2.90. The summed E-state index contributed by atoms with van der Waals surface area (Å²) in [5.41, 5.74) is 2.18. The van der Waals surface area contributed by atoms with Crippen LogP contribution in [0.1, 0.15) is 30.8 Å². The molecular formula is C18H17NO3S2. The molecule has 1 atom stereocenters. The number of benzene rings is 1. The second kappa shape index (κ2) is 7.15. The van der Waals surface area contributed by atoms with Crippen molar-refractivity contribution in [3.05, 3.63) is 46.8 Å². The number of thiophene rings is 1. The minimum absolute atomic E-state index is 0.0884. The number of aromatic carboxylic acids is 1. The van der Waals surface area contributed by atoms with E-state index in [1.807, 2.05) is 30.3 Å². The second-order valence-electron chi connectivity index (χ2n) is 5.38. The van der Waals surface area contributed by atoms with Crippen molar-refractivity contribution >= 4 is 28.6 Å². The van der Waals surface area contributed by atoms with Gasteiger partial charge in [0, 0.05) is 10.9 Å². The molecule has 1 unspecified atom stereocenters. The normalized spacial score (nSPS) is 12.1. The van der Waals surface area contributed by atoms with Crippen LogP contribution in [-0.2, 0) is 0 Å². The topological polar surface area (TPSA) is 59.4 Å². The van der Waals surface area contributed by atoms with Crippen molar-refractivity contribution in [1.29, 1.82) is 0 Å². The zero-order valence-corrected chi connectivity index (χ0v) is 15.0. The molecule has 1 N–H and O–H groups in total. The number of carboxylic acids is 1. The molecule has 6 heteroatoms. The molecule has 3 aromatic rings. The average Bonchev–Trinajstić information content (AvgIpc) is 3.24. The van der Waals surface area contributed by atoms with Crippen molar-refractivity contribution in [2.75, 3.05) is 0 Å². The predicted octanol–water partition coefficient (Wildman–Crippen LogP) is 5.41. The maximum Gasteiger partial charge on any atom is 0.355 e. The van der Waals surface area contributed by atoms with Gasteiger partial charge >= 0.3 is 5.97 Å². The van der Waals surface area contributed by atoms with Crippen LogP contribution in [0.15, 0.2) is 41.1 Å². The van der Waals surface area contributed by atoms with Crippen LogP contribution in [0.2, 0.25) is 0 Å². The summed E-state index contributed by atoms with van der Waals surface area (Å²) in [6, 6.07) is 10.0. The van der Waals surface area contributed by atoms with Gasteiger partial charge in [-0.3, -0.25) is 0 Å². The van der Waals surface area contributed by atoms with Gasteiger partial charge in [0.2, 0.25) is 0 Å². The zero-order valence-electron chi connectivity index (χ0n) is 13.4. The molecule has 124 valence electrons. The molecule has 2 heterocycles. The van der Waals surface area contributed by atoms with Crippen molar-refractivity contribution in [2.45, 2.75) is 26.4 Å². The van der Waals surface area contributed by atoms with E-state index in [1.54, 1.807) is 16.7 Å². The molecule has 0 saturated heterocycles. The van der Waals surface area contributed by atoms with Crippen molar-refractivity contribution in [3.63, 3.8) is 0 Å². The summed E-state index contributed by atoms with van der Waals surface area (Å²) in [4.78, 5) is 16.1. The van der Waals surface area contributed by atoms with Crippen LogP contribution in [0.3, 0.4) is 0 Å². The zero-order chi connectivity index (χ0) is 17.1. The first-order valence-electron chi connectivity index (χ1n) is 7.62. The third kappa shape index (κ3) is 3.49. The summed E-state index contributed by atoms with van der Waals surface area (Å²) in [5.74, 6) is -0.136. The highest BCUT2D eigenvalue weighted by Crippen LogP contribution is 2.38. The summed E-state index contributed by atoms with van der Waals surface area (Å²) in [5, 5.41) is 13.3. The van der Waals surface area contributed by atoms with Gasteiger partial charge in [0.15, 0.2) is 5.69 Å². The first kappa shape index (κ1) is 16.7. The van der Waals surface area contributed by atoms with E-state index >= 15 is 0 Å². The molecule has 0 radical (unpaired) electrons. The van der Waals surface area contributed by atoms with Gasteiger partial charge in [0.05, 0.1) is 11.0 Å². The Balaban J connectivity index is 1.92. The molecule has 0 saturated carbocycles. The predicted molar refractivity (Wildman–Crippen MR) is 98.2 cm³/mol. The van der Waals surface area contributed by atoms with Gasteiger partial charge in [0.1, 0.15) is 10.8 Å². The molecule has 2 aromatic heterocycles. The quantitative estimate of drug-likeness (QED) is 0.639. The molecule has 0 aliphatic heterocycles. The third-order valence-electron chi connectivity index (χ3n) is 3.63. The molecule has 24 heavy (non-hydrogen) atoms. The Bertz CT molecular complexity index is 853. The van der Waals surface area contributed by atoms with Gasteiger partial charge in [-0.2, -0.15) is 0 Å². The minimum Gasteiger partial charge on any atom is -0.490 e. The molecule has 1 aromatic carbocycles. The van der Waals surface area contributed by atoms with E-state index in [4.69, 9.17) is 9.84 Å². The van der Waals surface area contributed by atoms with Gasteiger partial charge < -0.3 is 9.84 Å². The number of rotatable bonds is 6. The minimum atomic E-state index is -0.999. The van der Waals surface area contributed by atoms with E-state index in [9.17, 15) is 4.79 Å². The number of para-hydroxylation sites is 1. The lowest BCUT2D eigenvalue weighted by Gasteiger charge is -2.15. The average molecular weight is 359 g/mol. The van der Waals surface area contributed by atoms with Crippen LogP contribution in [0.4, 0.5) is 0 Å². The number of nitrogens with zero attached hydrogens (tertiary/aromatic N) is 1. The summed E-state index contributed by atoms with van der Waals surface area (Å²) < 4.78 is 6.01. The number of hydrogen-bond acceptors (Lipinski definition) is 5. The van der Waals surface area contributed by atoms with E-state index in [0.717, 1.165) is 33.2 Å². The molecule has 0 amide bonds. The molecule has 0 aliphatic rings. The Morgan fingerprint density at radius 1 is 1.29 bits per heavy atom. The Morgan fingerprint density at radius 2 is 2.08 bits per heavy atom. The fourth-order valence-electron chi connectivity index (χ4n) is 2.18. The lowest BCUT2D eigenvalue weighted by Crippen LogP contribution is -2.10. The van der Waals surface area contributed by atoms with Crippen LogP contribution in [0, 0.1) is 0 Å². The number of ether oxygens (including phenoxy) is 1. The van der Waals surface area contributed by atoms with Crippen LogP contribution < -0.4 is 4.74 Å². The standard InChI is InChI=1S/C18H17NO3S2/c1-3-11(2)22-15-7-5-4-6-13(15)12-8-16(23-9-12)17-19-14(10-24-17)18(20)21/h4-11H,3H2,1-2H3,(H,20,21). The monoisotopic (exact) mass is 359 g/mol. The van der Waals surface area contributed by atoms with Crippen LogP contribution in [-0.4, -0.2) is 22.2 Å². The van der Waals surface area contributed by atoms with Crippen molar-refractivity contribution in [3.8, 4) is 26.8 Å². The Kier molecular flexibility index (Phi) is 4.97. The summed E-state index contributed by atoms with van der Waals surface area (Å²) in [6.07, 6.45) is 1.10. The number of carboxylic acid groups (broad SMARTS) is 1. The lowest BCUT2D eigenvalue weighted by atomic mass is 10.1. The third-order valence-corrected chi connectivity index (χ3v) is 5.58. The highest BCUT2D eigenvalue weighted by molar-refractivity contribution is 7.20. The largest absolute Gasteiger partial charge is 0.490 e. The molecular weight excluding hydrogens is 342 g/mol. The Labute approximate surface area is 148 Å². The van der Waals surface area contributed by atoms with Gasteiger partial charge in [0.25, 0.3) is 0 Å². The number of aromatic nitrogens is 1. The van der Waals surface area contributed by atoms with E-state index in [0.29, 0.717) is 0 Å². The van der Waals surface area contributed by atoms with Crippen molar-refractivity contribution in [2.24, 2.45) is 0 Å². The van der Waals surface area contributed by atoms with E-state index in [2.05, 4.69) is 24.2 Å². The Morgan fingerprint density at radius 3 is 2.79 bits per heavy atom. The first-order chi connectivity index (χ1) is 11.6. The molecule has 3 rings (SSSR count). The molecule has 0 aliphatic carbocycles. The SMILES string of the molecule is CCC(C)Oc1ccccc1-c1csc(-c2nc(C(=O)O)cs2)c1. The van der Waals surface area contributed by atoms with Gasteiger partial charge in [-0.1, -0.05) is 25.1 Å². The van der Waals surface area contributed by atoms with Gasteiger partial charge in [-0.15, -0.1) is 22.7 Å². The van der Waals surface area contributed by atoms with Gasteiger partial charge in [-0.25, -0.2) is 9.78 Å². The van der Waals surface area contributed by atoms with Gasteiger partial charge in [-0.05, 0) is 36.4 Å². The maximum atomic E-state index is 11.0. The Hall–Kier alpha value is -2.18. The highest BCUT2D eigenvalue weighted by Gasteiger charge is 2.14. The number of carbonyl (C=O) groups is 1. The van der Waals surface area contributed by atoms with E-state index in [1.165, 1.54) is 11.3 Å². The summed E-state index contributed by atoms with van der Waals surface area (Å²) in [6.45, 7) is 4.15. The van der Waals surface area contributed by atoms with Crippen LogP contribution in [0.5, 0.6) is 5.75 Å². The fourth-order valence-corrected chi connectivity index (χ4v) is 3.96. The molecule has 0 fully saturated rings. The van der Waals surface area contributed by atoms with Crippen LogP contribution >= 0.6 is 22.7 Å². The van der Waals surface area contributed by atoms with E-state index in [-0.39, 0.29) is 11.8 Å². The van der Waals surface area contributed by atoms with Crippen molar-refractivity contribution in [1.82, 2.24) is 4.98 Å². The first-order valence-corrected chi connectivity index (χ1v) is 9.38. The number of hydrogen-bond donors (Lipinski definition) is 1. The summed E-state index contributed by atoms with van der Waals surface area (Å²) in [7, 11) is 0. The van der Waals surface area contributed by atoms with Crippen molar-refractivity contribution < 1.29 is 14.6 Å². The smallest absolute Gasteiger partial charge is 0.355 e. The molecule has 0 spiro atoms. The second-order valence-corrected chi connectivity index (χ2v) is 7.14. The number of thiazole rings is 1. The fraction of sp³-hybridized carbons (Fsp3) is 0.222.